The van der Waals surface area contributed by atoms with E-state index >= 15 is 0 Å². The number of fused-ring (bicyclic) bond motifs is 1. The molecule has 1 saturated heterocycles. The van der Waals surface area contributed by atoms with E-state index in [0.29, 0.717) is 43.4 Å². The average Bonchev–Trinajstić information content (AvgIpc) is 3.27. The van der Waals surface area contributed by atoms with Gasteiger partial charge in [-0.3, -0.25) is 9.59 Å². The maximum absolute atomic E-state index is 13.0. The van der Waals surface area contributed by atoms with Crippen molar-refractivity contribution in [2.24, 2.45) is 0 Å². The third-order valence-corrected chi connectivity index (χ3v) is 5.81. The van der Waals surface area contributed by atoms with E-state index in [-0.39, 0.29) is 30.3 Å². The predicted molar refractivity (Wildman–Crippen MR) is 112 cm³/mol. The quantitative estimate of drug-likeness (QED) is 0.788. The van der Waals surface area contributed by atoms with Gasteiger partial charge in [-0.15, -0.1) is 0 Å². The van der Waals surface area contributed by atoms with Gasteiger partial charge in [-0.1, -0.05) is 0 Å². The lowest BCUT2D eigenvalue weighted by Crippen LogP contribution is -2.37. The van der Waals surface area contributed by atoms with Gasteiger partial charge in [-0.25, -0.2) is 14.4 Å². The van der Waals surface area contributed by atoms with E-state index in [1.165, 1.54) is 24.3 Å². The Morgan fingerprint density at radius 3 is 2.71 bits per heavy atom. The summed E-state index contributed by atoms with van der Waals surface area (Å²) < 4.78 is 18.6. The molecule has 0 aliphatic carbocycles. The lowest BCUT2D eigenvalue weighted by Gasteiger charge is -2.30. The third-order valence-electron chi connectivity index (χ3n) is 5.81. The second kappa shape index (κ2) is 8.87. The number of hydrogen-bond donors (Lipinski definition) is 1. The van der Waals surface area contributed by atoms with Crippen molar-refractivity contribution in [2.75, 3.05) is 32.1 Å². The van der Waals surface area contributed by atoms with Gasteiger partial charge in [-0.2, -0.15) is 0 Å². The second-order valence-corrected chi connectivity index (χ2v) is 7.78. The Hall–Kier alpha value is -3.23. The first-order valence-electron chi connectivity index (χ1n) is 10.5. The maximum Gasteiger partial charge on any atom is 0.261 e. The Labute approximate surface area is 180 Å². The van der Waals surface area contributed by atoms with E-state index in [4.69, 9.17) is 14.7 Å². The minimum absolute atomic E-state index is 0.0329. The van der Waals surface area contributed by atoms with E-state index in [2.05, 4.69) is 5.32 Å². The summed E-state index contributed by atoms with van der Waals surface area (Å²) in [6, 6.07) is 5.38. The molecule has 0 spiro atoms. The van der Waals surface area contributed by atoms with Crippen LogP contribution < -0.4 is 10.1 Å². The van der Waals surface area contributed by atoms with Crippen LogP contribution in [-0.4, -0.2) is 58.3 Å². The Balaban J connectivity index is 1.51. The van der Waals surface area contributed by atoms with E-state index in [1.807, 2.05) is 0 Å². The Morgan fingerprint density at radius 1 is 1.23 bits per heavy atom. The zero-order valence-electron chi connectivity index (χ0n) is 17.7. The summed E-state index contributed by atoms with van der Waals surface area (Å²) in [5.74, 6) is 1.30. The summed E-state index contributed by atoms with van der Waals surface area (Å²) in [7, 11) is 1.80. The molecule has 2 aromatic rings. The normalized spacial score (nSPS) is 18.0. The lowest BCUT2D eigenvalue weighted by atomic mass is 10.0. The Morgan fingerprint density at radius 2 is 2.00 bits per heavy atom. The minimum atomic E-state index is -0.352. The summed E-state index contributed by atoms with van der Waals surface area (Å²) in [4.78, 5) is 37.7. The maximum atomic E-state index is 13.0. The van der Waals surface area contributed by atoms with Crippen LogP contribution >= 0.6 is 0 Å². The van der Waals surface area contributed by atoms with E-state index in [9.17, 15) is 14.0 Å². The molecule has 2 aliphatic heterocycles. The van der Waals surface area contributed by atoms with Crippen LogP contribution in [0.25, 0.3) is 0 Å². The summed E-state index contributed by atoms with van der Waals surface area (Å²) in [5, 5.41) is 3.13. The molecule has 8 nitrogen and oxygen atoms in total. The molecule has 4 rings (SSSR count). The number of nitrogens with one attached hydrogen (secondary N) is 1. The van der Waals surface area contributed by atoms with Gasteiger partial charge in [0, 0.05) is 39.0 Å². The smallest absolute Gasteiger partial charge is 0.261 e. The number of rotatable bonds is 5. The highest BCUT2D eigenvalue weighted by atomic mass is 19.1. The predicted octanol–water partition coefficient (Wildman–Crippen LogP) is 2.30. The number of nitrogens with zero attached hydrogens (tertiary/aromatic N) is 4. The van der Waals surface area contributed by atoms with E-state index < -0.39 is 0 Å². The van der Waals surface area contributed by atoms with Crippen LogP contribution in [0.2, 0.25) is 0 Å². The molecule has 164 valence electrons. The fraction of sp³-hybridized carbons (Fsp3) is 0.455. The van der Waals surface area contributed by atoms with E-state index in [1.54, 1.807) is 23.8 Å². The number of carbonyl (C=O) groups is 2. The molecule has 31 heavy (non-hydrogen) atoms. The van der Waals surface area contributed by atoms with Gasteiger partial charge in [0.15, 0.2) is 12.4 Å². The molecule has 1 aromatic heterocycles. The van der Waals surface area contributed by atoms with Gasteiger partial charge in [0.05, 0.1) is 18.3 Å². The first-order chi connectivity index (χ1) is 15.0. The first-order valence-corrected chi connectivity index (χ1v) is 10.5. The largest absolute Gasteiger partial charge is 0.484 e. The fourth-order valence-electron chi connectivity index (χ4n) is 4.15. The number of anilines is 1. The first kappa shape index (κ1) is 21.0. The zero-order chi connectivity index (χ0) is 22.0. The number of hydrogen-bond acceptors (Lipinski definition) is 6. The van der Waals surface area contributed by atoms with Crippen molar-refractivity contribution in [1.82, 2.24) is 19.8 Å². The molecule has 1 aromatic carbocycles. The average molecular weight is 427 g/mol. The number of likely N-dealkylation sites (tertiary alicyclic amines) is 1. The number of amides is 2. The van der Waals surface area contributed by atoms with Crippen LogP contribution in [0.1, 0.15) is 42.9 Å². The molecule has 2 amide bonds. The van der Waals surface area contributed by atoms with Crippen LogP contribution in [0.3, 0.4) is 0 Å². The van der Waals surface area contributed by atoms with E-state index in [0.717, 1.165) is 24.1 Å². The molecule has 2 aliphatic rings. The van der Waals surface area contributed by atoms with Crippen molar-refractivity contribution in [1.29, 1.82) is 0 Å². The van der Waals surface area contributed by atoms with Crippen LogP contribution in [-0.2, 0) is 22.6 Å². The van der Waals surface area contributed by atoms with Gasteiger partial charge in [-0.05, 0) is 37.1 Å². The van der Waals surface area contributed by atoms with Gasteiger partial charge in [0.2, 0.25) is 5.91 Å². The van der Waals surface area contributed by atoms with Crippen LogP contribution in [0.15, 0.2) is 24.3 Å². The molecular weight excluding hydrogens is 401 g/mol. The van der Waals surface area contributed by atoms with Gasteiger partial charge >= 0.3 is 0 Å². The topological polar surface area (TPSA) is 87.7 Å². The monoisotopic (exact) mass is 427 g/mol. The molecule has 1 atom stereocenters. The number of ether oxygens (including phenoxy) is 1. The molecule has 1 N–H and O–H groups in total. The summed E-state index contributed by atoms with van der Waals surface area (Å²) in [6.07, 6.45) is 2.30. The Kier molecular flexibility index (Phi) is 6.01. The number of halogens is 1. The Bertz CT molecular complexity index is 965. The molecule has 3 heterocycles. The highest BCUT2D eigenvalue weighted by molar-refractivity contribution is 5.78. The number of benzene rings is 1. The highest BCUT2D eigenvalue weighted by Gasteiger charge is 2.34. The van der Waals surface area contributed by atoms with Crippen molar-refractivity contribution in [3.05, 3.63) is 47.2 Å². The van der Waals surface area contributed by atoms with Crippen molar-refractivity contribution in [3.63, 3.8) is 0 Å². The second-order valence-electron chi connectivity index (χ2n) is 7.78. The van der Waals surface area contributed by atoms with Gasteiger partial charge in [0.25, 0.3) is 5.91 Å². The molecule has 9 heteroatoms. The lowest BCUT2D eigenvalue weighted by molar-refractivity contribution is -0.134. The van der Waals surface area contributed by atoms with Crippen molar-refractivity contribution < 1.29 is 18.7 Å². The fourth-order valence-corrected chi connectivity index (χ4v) is 4.15. The minimum Gasteiger partial charge on any atom is -0.484 e. The van der Waals surface area contributed by atoms with Crippen molar-refractivity contribution >= 4 is 17.6 Å². The number of aromatic nitrogens is 2. The summed E-state index contributed by atoms with van der Waals surface area (Å²) in [6.45, 7) is 3.17. The highest BCUT2D eigenvalue weighted by Crippen LogP contribution is 2.33. The molecule has 0 unspecified atom stereocenters. The molecular formula is C22H26FN5O3. The molecule has 0 bridgehead atoms. The van der Waals surface area contributed by atoms with Gasteiger partial charge < -0.3 is 19.9 Å². The molecule has 0 saturated carbocycles. The number of carbonyl (C=O) groups excluding carboxylic acids is 2. The summed E-state index contributed by atoms with van der Waals surface area (Å²) >= 11 is 0. The SMILES string of the molecule is CNc1nc([C@@H]2CCCN2C(=O)COc2ccc(F)cc2)nc2c1CN(C(C)=O)CC2. The van der Waals surface area contributed by atoms with Crippen molar-refractivity contribution in [3.8, 4) is 5.75 Å². The van der Waals surface area contributed by atoms with Crippen LogP contribution in [0.4, 0.5) is 10.2 Å². The standard InChI is InChI=1S/C22H26FN5O3/c1-14(29)27-11-9-18-17(12-27)21(24-2)26-22(25-18)19-4-3-10-28(19)20(30)13-31-16-7-5-15(23)6-8-16/h5-8,19H,3-4,9-13H2,1-2H3,(H,24,25,26)/t19-/m0/s1. The zero-order valence-corrected chi connectivity index (χ0v) is 17.7. The van der Waals surface area contributed by atoms with Crippen LogP contribution in [0, 0.1) is 5.82 Å². The summed E-state index contributed by atoms with van der Waals surface area (Å²) in [5.41, 5.74) is 1.86. The van der Waals surface area contributed by atoms with Gasteiger partial charge in [0.1, 0.15) is 17.4 Å². The van der Waals surface area contributed by atoms with Crippen LogP contribution in [0.5, 0.6) is 5.75 Å². The third kappa shape index (κ3) is 4.45. The molecule has 1 fully saturated rings. The van der Waals surface area contributed by atoms with Crippen molar-refractivity contribution in [2.45, 2.75) is 38.8 Å². The molecule has 0 radical (unpaired) electrons.